The number of hydrogen-bond acceptors (Lipinski definition) is 5. The number of sulfonamides is 1. The van der Waals surface area contributed by atoms with E-state index in [0.717, 1.165) is 12.5 Å². The zero-order chi connectivity index (χ0) is 16.6. The number of nitrogens with one attached hydrogen (secondary N) is 1. The SMILES string of the molecule is NS(=O)(=O)c1cc(NCC2Cc3ccccc32)cc([N+](=O)[O-])c1. The first-order chi connectivity index (χ1) is 10.8. The van der Waals surface area contributed by atoms with Gasteiger partial charge in [-0.25, -0.2) is 13.6 Å². The molecule has 1 unspecified atom stereocenters. The summed E-state index contributed by atoms with van der Waals surface area (Å²) in [6, 6.07) is 11.6. The van der Waals surface area contributed by atoms with E-state index in [9.17, 15) is 18.5 Å². The van der Waals surface area contributed by atoms with Crippen LogP contribution in [0.3, 0.4) is 0 Å². The van der Waals surface area contributed by atoms with Gasteiger partial charge in [-0.2, -0.15) is 0 Å². The molecule has 0 heterocycles. The molecular formula is C15H15N3O4S. The van der Waals surface area contributed by atoms with Crippen molar-refractivity contribution in [2.24, 2.45) is 5.14 Å². The topological polar surface area (TPSA) is 115 Å². The Hall–Kier alpha value is -2.45. The summed E-state index contributed by atoms with van der Waals surface area (Å²) in [4.78, 5) is 10.0. The third-order valence-corrected chi connectivity index (χ3v) is 4.84. The van der Waals surface area contributed by atoms with Gasteiger partial charge in [-0.05, 0) is 23.6 Å². The number of primary sulfonamides is 1. The van der Waals surface area contributed by atoms with Crippen molar-refractivity contribution in [3.8, 4) is 0 Å². The van der Waals surface area contributed by atoms with Gasteiger partial charge in [0.05, 0.1) is 9.82 Å². The molecular weight excluding hydrogens is 318 g/mol. The van der Waals surface area contributed by atoms with Crippen LogP contribution in [0.4, 0.5) is 11.4 Å². The van der Waals surface area contributed by atoms with Crippen LogP contribution < -0.4 is 10.5 Å². The maximum absolute atomic E-state index is 11.5. The number of nitro benzene ring substituents is 1. The molecule has 0 aromatic heterocycles. The number of non-ortho nitro benzene ring substituents is 1. The lowest BCUT2D eigenvalue weighted by Gasteiger charge is -2.30. The van der Waals surface area contributed by atoms with Gasteiger partial charge >= 0.3 is 0 Å². The fraction of sp³-hybridized carbons (Fsp3) is 0.200. The molecule has 0 fully saturated rings. The van der Waals surface area contributed by atoms with Crippen LogP contribution in [0.25, 0.3) is 0 Å². The first-order valence-electron chi connectivity index (χ1n) is 6.98. The minimum atomic E-state index is -4.00. The summed E-state index contributed by atoms with van der Waals surface area (Å²) in [6.07, 6.45) is 0.931. The van der Waals surface area contributed by atoms with E-state index in [4.69, 9.17) is 5.14 Å². The first-order valence-corrected chi connectivity index (χ1v) is 8.53. The van der Waals surface area contributed by atoms with Crippen LogP contribution in [0.15, 0.2) is 47.4 Å². The fourth-order valence-corrected chi connectivity index (χ4v) is 3.32. The third-order valence-electron chi connectivity index (χ3n) is 3.94. The standard InChI is InChI=1S/C15H15N3O4S/c16-23(21,22)14-7-12(6-13(8-14)18(19)20)17-9-11-5-10-3-1-2-4-15(10)11/h1-4,6-8,11,17H,5,9H2,(H2,16,21,22). The molecule has 0 aliphatic heterocycles. The molecule has 8 heteroatoms. The molecule has 23 heavy (non-hydrogen) atoms. The molecule has 3 N–H and O–H groups in total. The van der Waals surface area contributed by atoms with E-state index in [-0.39, 0.29) is 10.6 Å². The van der Waals surface area contributed by atoms with Crippen molar-refractivity contribution in [1.29, 1.82) is 0 Å². The number of nitrogens with zero attached hydrogens (tertiary/aromatic N) is 1. The van der Waals surface area contributed by atoms with Gasteiger partial charge in [-0.15, -0.1) is 0 Å². The monoisotopic (exact) mass is 333 g/mol. The molecule has 1 aliphatic rings. The highest BCUT2D eigenvalue weighted by molar-refractivity contribution is 7.89. The number of nitro groups is 1. The molecule has 1 aliphatic carbocycles. The van der Waals surface area contributed by atoms with Gasteiger partial charge in [-0.3, -0.25) is 10.1 Å². The normalized spacial score (nSPS) is 16.3. The summed E-state index contributed by atoms with van der Waals surface area (Å²) >= 11 is 0. The van der Waals surface area contributed by atoms with Crippen molar-refractivity contribution in [2.45, 2.75) is 17.2 Å². The molecule has 0 bridgehead atoms. The van der Waals surface area contributed by atoms with E-state index in [1.807, 2.05) is 18.2 Å². The lowest BCUT2D eigenvalue weighted by atomic mass is 9.77. The highest BCUT2D eigenvalue weighted by Crippen LogP contribution is 2.35. The summed E-state index contributed by atoms with van der Waals surface area (Å²) < 4.78 is 22.9. The van der Waals surface area contributed by atoms with E-state index in [1.54, 1.807) is 0 Å². The summed E-state index contributed by atoms with van der Waals surface area (Å²) in [5.41, 5.74) is 2.60. The Bertz CT molecular complexity index is 880. The Balaban J connectivity index is 1.80. The van der Waals surface area contributed by atoms with E-state index >= 15 is 0 Å². The van der Waals surface area contributed by atoms with Crippen LogP contribution in [0.5, 0.6) is 0 Å². The molecule has 0 amide bonds. The summed E-state index contributed by atoms with van der Waals surface area (Å²) in [6.45, 7) is 0.572. The second kappa shape index (κ2) is 5.64. The molecule has 2 aromatic rings. The fourth-order valence-electron chi connectivity index (χ4n) is 2.74. The minimum absolute atomic E-state index is 0.275. The van der Waals surface area contributed by atoms with Gasteiger partial charge in [0.15, 0.2) is 0 Å². The van der Waals surface area contributed by atoms with E-state index in [2.05, 4.69) is 11.4 Å². The van der Waals surface area contributed by atoms with Crippen molar-refractivity contribution >= 4 is 21.4 Å². The Labute approximate surface area is 133 Å². The lowest BCUT2D eigenvalue weighted by Crippen LogP contribution is -2.24. The number of fused-ring (bicyclic) bond motifs is 1. The molecule has 0 radical (unpaired) electrons. The Morgan fingerprint density at radius 1 is 1.26 bits per heavy atom. The molecule has 120 valence electrons. The molecule has 7 nitrogen and oxygen atoms in total. The highest BCUT2D eigenvalue weighted by Gasteiger charge is 2.25. The lowest BCUT2D eigenvalue weighted by molar-refractivity contribution is -0.385. The van der Waals surface area contributed by atoms with Crippen molar-refractivity contribution in [1.82, 2.24) is 0 Å². The van der Waals surface area contributed by atoms with Gasteiger partial charge in [0.1, 0.15) is 0 Å². The Morgan fingerprint density at radius 2 is 2.00 bits per heavy atom. The predicted molar refractivity (Wildman–Crippen MR) is 85.8 cm³/mol. The number of benzene rings is 2. The maximum atomic E-state index is 11.5. The quantitative estimate of drug-likeness (QED) is 0.641. The number of nitrogens with two attached hydrogens (primary N) is 1. The van der Waals surface area contributed by atoms with Gasteiger partial charge in [-0.1, -0.05) is 24.3 Å². The van der Waals surface area contributed by atoms with Gasteiger partial charge in [0, 0.05) is 30.3 Å². The summed E-state index contributed by atoms with van der Waals surface area (Å²) in [5, 5.41) is 19.1. The Morgan fingerprint density at radius 3 is 2.65 bits per heavy atom. The molecule has 3 rings (SSSR count). The van der Waals surface area contributed by atoms with Crippen LogP contribution in [-0.2, 0) is 16.4 Å². The maximum Gasteiger partial charge on any atom is 0.272 e. The third kappa shape index (κ3) is 3.17. The van der Waals surface area contributed by atoms with Gasteiger partial charge in [0.25, 0.3) is 5.69 Å². The molecule has 1 atom stereocenters. The average Bonchev–Trinajstić information content (AvgIpc) is 2.47. The second-order valence-electron chi connectivity index (χ2n) is 5.50. The highest BCUT2D eigenvalue weighted by atomic mass is 32.2. The first kappa shape index (κ1) is 15.4. The van der Waals surface area contributed by atoms with E-state index in [0.29, 0.717) is 18.2 Å². The molecule has 0 spiro atoms. The van der Waals surface area contributed by atoms with E-state index in [1.165, 1.54) is 23.3 Å². The number of hydrogen-bond donors (Lipinski definition) is 2. The van der Waals surface area contributed by atoms with Crippen LogP contribution in [0, 0.1) is 10.1 Å². The van der Waals surface area contributed by atoms with E-state index < -0.39 is 14.9 Å². The molecule has 2 aromatic carbocycles. The van der Waals surface area contributed by atoms with Crippen molar-refractivity contribution < 1.29 is 13.3 Å². The van der Waals surface area contributed by atoms with Crippen LogP contribution >= 0.6 is 0 Å². The average molecular weight is 333 g/mol. The summed E-state index contributed by atoms with van der Waals surface area (Å²) in [5.74, 6) is 0.309. The zero-order valence-electron chi connectivity index (χ0n) is 12.1. The smallest absolute Gasteiger partial charge is 0.272 e. The van der Waals surface area contributed by atoms with Crippen LogP contribution in [0.2, 0.25) is 0 Å². The predicted octanol–water partition coefficient (Wildman–Crippen LogP) is 1.99. The Kier molecular flexibility index (Phi) is 3.78. The van der Waals surface area contributed by atoms with Gasteiger partial charge < -0.3 is 5.32 Å². The van der Waals surface area contributed by atoms with Gasteiger partial charge in [0.2, 0.25) is 10.0 Å². The largest absolute Gasteiger partial charge is 0.384 e. The molecule has 0 saturated carbocycles. The minimum Gasteiger partial charge on any atom is -0.384 e. The van der Waals surface area contributed by atoms with Crippen molar-refractivity contribution in [3.63, 3.8) is 0 Å². The van der Waals surface area contributed by atoms with Crippen LogP contribution in [-0.4, -0.2) is 19.9 Å². The number of rotatable bonds is 5. The second-order valence-corrected chi connectivity index (χ2v) is 7.06. The van der Waals surface area contributed by atoms with Crippen molar-refractivity contribution in [3.05, 3.63) is 63.7 Å². The van der Waals surface area contributed by atoms with Crippen LogP contribution in [0.1, 0.15) is 17.0 Å². The zero-order valence-corrected chi connectivity index (χ0v) is 12.9. The number of anilines is 1. The van der Waals surface area contributed by atoms with Crippen molar-refractivity contribution in [2.75, 3.05) is 11.9 Å². The molecule has 0 saturated heterocycles. The summed E-state index contributed by atoms with van der Waals surface area (Å²) in [7, 11) is -4.00.